The highest BCUT2D eigenvalue weighted by Gasteiger charge is 2.27. The number of piperidine rings is 1. The van der Waals surface area contributed by atoms with E-state index in [1.807, 2.05) is 20.8 Å². The third-order valence-corrected chi connectivity index (χ3v) is 4.46. The lowest BCUT2D eigenvalue weighted by Crippen LogP contribution is -2.44. The first-order chi connectivity index (χ1) is 14.6. The number of nitriles is 1. The van der Waals surface area contributed by atoms with Gasteiger partial charge in [0.15, 0.2) is 0 Å². The standard InChI is InChI=1S/C21H23F2N5O3/c1-21(2,3)31-20(29)28-6-4-14(5-7-28)30-19-10-18(25-12-26-19)27-17-9-15(22)13(11-24)8-16(17)23/h8-10,12,14H,4-7H2,1-3H3,(H,25,26,27). The SMILES string of the molecule is CC(C)(C)OC(=O)N1CCC(Oc2cc(Nc3cc(F)c(C#N)cc3F)ncn2)CC1. The lowest BCUT2D eigenvalue weighted by molar-refractivity contribution is 0.0123. The maximum Gasteiger partial charge on any atom is 0.410 e. The van der Waals surface area contributed by atoms with Gasteiger partial charge in [-0.25, -0.2) is 23.5 Å². The van der Waals surface area contributed by atoms with E-state index in [0.29, 0.717) is 25.9 Å². The fraction of sp³-hybridized carbons (Fsp3) is 0.429. The molecule has 0 aliphatic carbocycles. The molecule has 0 spiro atoms. The van der Waals surface area contributed by atoms with Gasteiger partial charge in [-0.15, -0.1) is 0 Å². The summed E-state index contributed by atoms with van der Waals surface area (Å²) in [5.74, 6) is -1.15. The number of hydrogen-bond acceptors (Lipinski definition) is 7. The number of carbonyl (C=O) groups is 1. The van der Waals surface area contributed by atoms with Crippen LogP contribution >= 0.6 is 0 Å². The van der Waals surface area contributed by atoms with E-state index in [4.69, 9.17) is 14.7 Å². The van der Waals surface area contributed by atoms with Crippen LogP contribution in [0.4, 0.5) is 25.1 Å². The van der Waals surface area contributed by atoms with Crippen molar-refractivity contribution < 1.29 is 23.0 Å². The lowest BCUT2D eigenvalue weighted by Gasteiger charge is -2.33. The molecule has 1 aromatic carbocycles. The predicted molar refractivity (Wildman–Crippen MR) is 108 cm³/mol. The fourth-order valence-electron chi connectivity index (χ4n) is 2.99. The summed E-state index contributed by atoms with van der Waals surface area (Å²) in [6.07, 6.45) is 1.93. The molecule has 0 atom stereocenters. The Morgan fingerprint density at radius 1 is 1.19 bits per heavy atom. The summed E-state index contributed by atoms with van der Waals surface area (Å²) in [6, 6.07) is 4.76. The van der Waals surface area contributed by atoms with Gasteiger partial charge in [-0.3, -0.25) is 0 Å². The molecule has 0 unspecified atom stereocenters. The van der Waals surface area contributed by atoms with E-state index < -0.39 is 17.2 Å². The second-order valence-electron chi connectivity index (χ2n) is 8.07. The van der Waals surface area contributed by atoms with E-state index in [1.165, 1.54) is 12.4 Å². The molecule has 1 N–H and O–H groups in total. The summed E-state index contributed by atoms with van der Waals surface area (Å²) in [6.45, 7) is 6.44. The third-order valence-electron chi connectivity index (χ3n) is 4.46. The van der Waals surface area contributed by atoms with Crippen molar-refractivity contribution in [3.05, 3.63) is 41.7 Å². The summed E-state index contributed by atoms with van der Waals surface area (Å²) in [7, 11) is 0. The van der Waals surface area contributed by atoms with Crippen molar-refractivity contribution in [3.8, 4) is 11.9 Å². The summed E-state index contributed by atoms with van der Waals surface area (Å²) in [4.78, 5) is 21.8. The summed E-state index contributed by atoms with van der Waals surface area (Å²) >= 11 is 0. The van der Waals surface area contributed by atoms with Crippen molar-refractivity contribution in [1.29, 1.82) is 5.26 Å². The molecule has 8 nitrogen and oxygen atoms in total. The molecular weight excluding hydrogens is 408 g/mol. The van der Waals surface area contributed by atoms with E-state index >= 15 is 0 Å². The smallest absolute Gasteiger partial charge is 0.410 e. The summed E-state index contributed by atoms with van der Waals surface area (Å²) < 4.78 is 39.1. The average Bonchev–Trinajstić information content (AvgIpc) is 2.70. The van der Waals surface area contributed by atoms with Crippen molar-refractivity contribution in [2.24, 2.45) is 0 Å². The van der Waals surface area contributed by atoms with Crippen LogP contribution in [0.15, 0.2) is 24.5 Å². The van der Waals surface area contributed by atoms with Gasteiger partial charge < -0.3 is 19.7 Å². The lowest BCUT2D eigenvalue weighted by atomic mass is 10.1. The first-order valence-corrected chi connectivity index (χ1v) is 9.77. The van der Waals surface area contributed by atoms with E-state index in [-0.39, 0.29) is 35.1 Å². The average molecular weight is 431 g/mol. The van der Waals surface area contributed by atoms with Crippen molar-refractivity contribution in [2.75, 3.05) is 18.4 Å². The van der Waals surface area contributed by atoms with Gasteiger partial charge in [0.25, 0.3) is 0 Å². The number of rotatable bonds is 4. The highest BCUT2D eigenvalue weighted by Crippen LogP contribution is 2.25. The van der Waals surface area contributed by atoms with Gasteiger partial charge in [-0.05, 0) is 26.8 Å². The maximum atomic E-state index is 14.1. The number of nitrogens with one attached hydrogen (secondary N) is 1. The van der Waals surface area contributed by atoms with Crippen LogP contribution in [0.1, 0.15) is 39.2 Å². The minimum atomic E-state index is -0.839. The molecule has 0 bridgehead atoms. The number of aromatic nitrogens is 2. The first-order valence-electron chi connectivity index (χ1n) is 9.77. The minimum Gasteiger partial charge on any atom is -0.474 e. The third kappa shape index (κ3) is 6.01. The van der Waals surface area contributed by atoms with Crippen LogP contribution in [-0.2, 0) is 4.74 Å². The Bertz CT molecular complexity index is 995. The zero-order chi connectivity index (χ0) is 22.6. The van der Waals surface area contributed by atoms with Crippen molar-refractivity contribution >= 4 is 17.6 Å². The number of carbonyl (C=O) groups excluding carboxylic acids is 1. The molecule has 0 radical (unpaired) electrons. The molecule has 0 saturated carbocycles. The van der Waals surface area contributed by atoms with Crippen LogP contribution in [0.3, 0.4) is 0 Å². The zero-order valence-corrected chi connectivity index (χ0v) is 17.5. The molecule has 1 saturated heterocycles. The predicted octanol–water partition coefficient (Wildman–Crippen LogP) is 4.15. The zero-order valence-electron chi connectivity index (χ0n) is 17.5. The Morgan fingerprint density at radius 3 is 2.55 bits per heavy atom. The van der Waals surface area contributed by atoms with Crippen molar-refractivity contribution in [3.63, 3.8) is 0 Å². The number of ether oxygens (including phenoxy) is 2. The van der Waals surface area contributed by atoms with Crippen molar-refractivity contribution in [2.45, 2.75) is 45.3 Å². The number of anilines is 2. The van der Waals surface area contributed by atoms with Crippen LogP contribution in [0.25, 0.3) is 0 Å². The topological polar surface area (TPSA) is 100 Å². The molecule has 1 amide bonds. The highest BCUT2D eigenvalue weighted by molar-refractivity contribution is 5.68. The molecule has 1 aliphatic heterocycles. The fourth-order valence-corrected chi connectivity index (χ4v) is 2.99. The van der Waals surface area contributed by atoms with Crippen LogP contribution in [0.2, 0.25) is 0 Å². The Labute approximate surface area is 178 Å². The van der Waals surface area contributed by atoms with E-state index in [1.54, 1.807) is 11.0 Å². The van der Waals surface area contributed by atoms with Gasteiger partial charge in [-0.2, -0.15) is 5.26 Å². The van der Waals surface area contributed by atoms with E-state index in [0.717, 1.165) is 12.1 Å². The molecule has 3 rings (SSSR count). The molecule has 164 valence electrons. The number of hydrogen-bond donors (Lipinski definition) is 1. The van der Waals surface area contributed by atoms with Crippen LogP contribution < -0.4 is 10.1 Å². The van der Waals surface area contributed by atoms with Gasteiger partial charge >= 0.3 is 6.09 Å². The van der Waals surface area contributed by atoms with Gasteiger partial charge in [-0.1, -0.05) is 0 Å². The molecule has 10 heteroatoms. The number of amides is 1. The van der Waals surface area contributed by atoms with Crippen LogP contribution in [0.5, 0.6) is 5.88 Å². The van der Waals surface area contributed by atoms with Gasteiger partial charge in [0, 0.05) is 38.1 Å². The first kappa shape index (κ1) is 22.2. The quantitative estimate of drug-likeness (QED) is 0.776. The minimum absolute atomic E-state index is 0.160. The number of likely N-dealkylation sites (tertiary alicyclic amines) is 1. The highest BCUT2D eigenvalue weighted by atomic mass is 19.1. The molecular formula is C21H23F2N5O3. The van der Waals surface area contributed by atoms with Crippen molar-refractivity contribution in [1.82, 2.24) is 14.9 Å². The van der Waals surface area contributed by atoms with Gasteiger partial charge in [0.1, 0.15) is 41.6 Å². The summed E-state index contributed by atoms with van der Waals surface area (Å²) in [5, 5.41) is 11.4. The Hall–Kier alpha value is -3.48. The second-order valence-corrected chi connectivity index (χ2v) is 8.07. The Morgan fingerprint density at radius 2 is 1.90 bits per heavy atom. The number of nitrogens with zero attached hydrogens (tertiary/aromatic N) is 4. The summed E-state index contributed by atoms with van der Waals surface area (Å²) in [5.41, 5.74) is -1.09. The van der Waals surface area contributed by atoms with Gasteiger partial charge in [0.05, 0.1) is 11.3 Å². The molecule has 1 aromatic heterocycles. The second kappa shape index (κ2) is 9.12. The largest absolute Gasteiger partial charge is 0.474 e. The molecule has 31 heavy (non-hydrogen) atoms. The molecule has 2 aromatic rings. The molecule has 1 fully saturated rings. The van der Waals surface area contributed by atoms with E-state index in [2.05, 4.69) is 15.3 Å². The molecule has 2 heterocycles. The Kier molecular flexibility index (Phi) is 6.53. The normalized spacial score (nSPS) is 14.6. The maximum absolute atomic E-state index is 14.1. The Balaban J connectivity index is 1.59. The molecule has 1 aliphatic rings. The monoisotopic (exact) mass is 431 g/mol. The number of benzene rings is 1. The number of halogens is 2. The van der Waals surface area contributed by atoms with Crippen LogP contribution in [0, 0.1) is 23.0 Å². The van der Waals surface area contributed by atoms with Crippen LogP contribution in [-0.4, -0.2) is 45.8 Å². The van der Waals surface area contributed by atoms with E-state index in [9.17, 15) is 13.6 Å². The van der Waals surface area contributed by atoms with Gasteiger partial charge in [0.2, 0.25) is 5.88 Å².